The zero-order valence-corrected chi connectivity index (χ0v) is 23.7. The third-order valence-electron chi connectivity index (χ3n) is 7.79. The number of benzene rings is 1. The van der Waals surface area contributed by atoms with Gasteiger partial charge in [0.2, 0.25) is 5.95 Å². The van der Waals surface area contributed by atoms with Crippen molar-refractivity contribution in [1.82, 2.24) is 19.4 Å². The number of hydrogen-bond acceptors (Lipinski definition) is 8. The van der Waals surface area contributed by atoms with Crippen molar-refractivity contribution in [3.8, 4) is 16.8 Å². The van der Waals surface area contributed by atoms with Gasteiger partial charge in [0.05, 0.1) is 35.1 Å². The highest BCUT2D eigenvalue weighted by Gasteiger charge is 2.37. The molecule has 230 valence electrons. The largest absolute Gasteiger partial charge is 0.417 e. The van der Waals surface area contributed by atoms with Crippen molar-refractivity contribution < 1.29 is 31.5 Å². The molecule has 1 amide bonds. The summed E-state index contributed by atoms with van der Waals surface area (Å²) >= 11 is 0. The molecular weight excluding hydrogens is 577 g/mol. The summed E-state index contributed by atoms with van der Waals surface area (Å²) < 4.78 is 79.4. The highest BCUT2D eigenvalue weighted by molar-refractivity contribution is 5.94. The smallest absolute Gasteiger partial charge is 0.375 e. The number of primary amides is 1. The first-order valence-corrected chi connectivity index (χ1v) is 13.6. The number of alkyl halides is 3. The van der Waals surface area contributed by atoms with E-state index < -0.39 is 51.7 Å². The van der Waals surface area contributed by atoms with Gasteiger partial charge in [0.25, 0.3) is 11.5 Å². The number of amides is 1. The lowest BCUT2D eigenvalue weighted by atomic mass is 10.0. The zero-order chi connectivity index (χ0) is 31.2. The molecule has 0 unspecified atom stereocenters. The van der Waals surface area contributed by atoms with Gasteiger partial charge in [-0.1, -0.05) is 0 Å². The Morgan fingerprint density at radius 1 is 1.05 bits per heavy atom. The van der Waals surface area contributed by atoms with E-state index in [2.05, 4.69) is 9.97 Å². The van der Waals surface area contributed by atoms with Crippen LogP contribution in [0.15, 0.2) is 35.5 Å². The first-order valence-electron chi connectivity index (χ1n) is 13.6. The van der Waals surface area contributed by atoms with E-state index in [1.807, 2.05) is 30.7 Å². The van der Waals surface area contributed by atoms with Crippen molar-refractivity contribution in [3.05, 3.63) is 63.8 Å². The van der Waals surface area contributed by atoms with E-state index in [9.17, 15) is 22.8 Å². The Morgan fingerprint density at radius 3 is 2.35 bits per heavy atom. The Balaban J connectivity index is 1.69. The van der Waals surface area contributed by atoms with E-state index >= 15 is 8.78 Å². The topological polar surface area (TPSA) is 110 Å². The van der Waals surface area contributed by atoms with Crippen LogP contribution in [0.4, 0.5) is 33.6 Å². The number of anilines is 2. The van der Waals surface area contributed by atoms with Gasteiger partial charge < -0.3 is 25.2 Å². The van der Waals surface area contributed by atoms with Gasteiger partial charge in [-0.25, -0.2) is 18.7 Å². The number of rotatable bonds is 5. The molecule has 2 aliphatic rings. The Labute approximate surface area is 243 Å². The van der Waals surface area contributed by atoms with Crippen molar-refractivity contribution in [2.75, 3.05) is 56.2 Å². The molecule has 0 radical (unpaired) electrons. The second-order valence-corrected chi connectivity index (χ2v) is 10.8. The number of ether oxygens (including phenoxy) is 1. The maximum absolute atomic E-state index is 16.6. The standard InChI is InChI=1S/C28H30F5N7O3/c1-15-12-38(5-4-37(15)3)21-9-20(29)23(17-10-35-27(36-11-17)39-6-7-43-16(2)13-39)24(30)25(21)40-14-18(26(34)42)19(8-22(40)41)28(31,32)33/h8-11,14-16H,4-7,12-13H2,1-3H3,(H2,34,42)/t15-,16+/m0/s1. The number of nitrogens with zero attached hydrogens (tertiary/aromatic N) is 6. The third-order valence-corrected chi connectivity index (χ3v) is 7.79. The number of likely N-dealkylation sites (N-methyl/N-ethyl adjacent to an activating group) is 1. The van der Waals surface area contributed by atoms with Crippen molar-refractivity contribution in [2.45, 2.75) is 32.2 Å². The van der Waals surface area contributed by atoms with Crippen LogP contribution in [-0.2, 0) is 10.9 Å². The average Bonchev–Trinajstić information content (AvgIpc) is 2.94. The molecule has 2 N–H and O–H groups in total. The molecule has 5 rings (SSSR count). The average molecular weight is 608 g/mol. The Hall–Kier alpha value is -4.11. The van der Waals surface area contributed by atoms with Crippen LogP contribution in [0.25, 0.3) is 16.8 Å². The highest BCUT2D eigenvalue weighted by atomic mass is 19.4. The fourth-order valence-corrected chi connectivity index (χ4v) is 5.35. The van der Waals surface area contributed by atoms with Crippen LogP contribution in [0, 0.1) is 11.6 Å². The number of carbonyl (C=O) groups is 1. The fraction of sp³-hybridized carbons (Fsp3) is 0.429. The van der Waals surface area contributed by atoms with Gasteiger partial charge in [-0.3, -0.25) is 14.2 Å². The van der Waals surface area contributed by atoms with Crippen molar-refractivity contribution in [2.24, 2.45) is 5.73 Å². The van der Waals surface area contributed by atoms with E-state index in [1.165, 1.54) is 12.4 Å². The maximum Gasteiger partial charge on any atom is 0.417 e. The number of carbonyl (C=O) groups excluding carboxylic acids is 1. The second kappa shape index (κ2) is 11.5. The zero-order valence-electron chi connectivity index (χ0n) is 23.7. The molecule has 10 nitrogen and oxygen atoms in total. The van der Waals surface area contributed by atoms with Gasteiger partial charge in [0, 0.05) is 75.1 Å². The first-order chi connectivity index (χ1) is 20.3. The Kier molecular flexibility index (Phi) is 8.13. The van der Waals surface area contributed by atoms with E-state index in [1.54, 1.807) is 4.90 Å². The van der Waals surface area contributed by atoms with Crippen LogP contribution in [-0.4, -0.2) is 83.9 Å². The minimum atomic E-state index is -5.08. The van der Waals surface area contributed by atoms with Gasteiger partial charge in [0.1, 0.15) is 11.5 Å². The molecule has 2 aromatic heterocycles. The van der Waals surface area contributed by atoms with Crippen LogP contribution >= 0.6 is 0 Å². The monoisotopic (exact) mass is 607 g/mol. The Bertz CT molecular complexity index is 1600. The van der Waals surface area contributed by atoms with Gasteiger partial charge in [-0.05, 0) is 20.9 Å². The number of nitrogens with two attached hydrogens (primary N) is 1. The molecule has 0 saturated carbocycles. The first kappa shape index (κ1) is 30.4. The quantitative estimate of drug-likeness (QED) is 0.441. The number of morpholine rings is 1. The predicted octanol–water partition coefficient (Wildman–Crippen LogP) is 3.06. The predicted molar refractivity (Wildman–Crippen MR) is 148 cm³/mol. The number of hydrogen-bond donors (Lipinski definition) is 1. The summed E-state index contributed by atoms with van der Waals surface area (Å²) in [7, 11) is 1.88. The SMILES string of the molecule is C[C@@H]1CN(c2ncc(-c3c(F)cc(N4CCN(C)[C@@H](C)C4)c(-n4cc(C(N)=O)c(C(F)(F)F)cc4=O)c3F)cn2)CCO1. The van der Waals surface area contributed by atoms with Crippen molar-refractivity contribution in [1.29, 1.82) is 0 Å². The van der Waals surface area contributed by atoms with Gasteiger partial charge in [-0.15, -0.1) is 0 Å². The lowest BCUT2D eigenvalue weighted by molar-refractivity contribution is -0.138. The van der Waals surface area contributed by atoms with E-state index in [4.69, 9.17) is 10.5 Å². The molecular formula is C28H30F5N7O3. The third kappa shape index (κ3) is 5.91. The fourth-order valence-electron chi connectivity index (χ4n) is 5.35. The molecule has 3 aromatic rings. The Morgan fingerprint density at radius 2 is 1.74 bits per heavy atom. The van der Waals surface area contributed by atoms with Crippen LogP contribution in [0.5, 0.6) is 0 Å². The summed E-state index contributed by atoms with van der Waals surface area (Å²) in [5, 5.41) is 0. The van der Waals surface area contributed by atoms with Crippen molar-refractivity contribution >= 4 is 17.5 Å². The molecule has 2 saturated heterocycles. The lowest BCUT2D eigenvalue weighted by Gasteiger charge is -2.40. The second-order valence-electron chi connectivity index (χ2n) is 10.8. The van der Waals surface area contributed by atoms with E-state index in [-0.39, 0.29) is 29.5 Å². The molecule has 43 heavy (non-hydrogen) atoms. The summed E-state index contributed by atoms with van der Waals surface area (Å²) in [6, 6.07) is 1.15. The molecule has 2 atom stereocenters. The minimum Gasteiger partial charge on any atom is -0.375 e. The van der Waals surface area contributed by atoms with Crippen LogP contribution in [0.2, 0.25) is 0 Å². The minimum absolute atomic E-state index is 0.0539. The molecule has 2 aliphatic heterocycles. The number of halogens is 5. The van der Waals surface area contributed by atoms with Gasteiger partial charge in [-0.2, -0.15) is 13.2 Å². The summed E-state index contributed by atoms with van der Waals surface area (Å²) in [4.78, 5) is 39.3. The van der Waals surface area contributed by atoms with E-state index in [0.717, 1.165) is 6.07 Å². The molecule has 4 heterocycles. The number of piperazine rings is 1. The molecule has 0 spiro atoms. The number of pyridine rings is 1. The maximum atomic E-state index is 16.6. The van der Waals surface area contributed by atoms with Gasteiger partial charge >= 0.3 is 6.18 Å². The van der Waals surface area contributed by atoms with Crippen LogP contribution in [0.1, 0.15) is 29.8 Å². The van der Waals surface area contributed by atoms with Crippen LogP contribution in [0.3, 0.4) is 0 Å². The summed E-state index contributed by atoms with van der Waals surface area (Å²) in [5.41, 5.74) is 0.107. The van der Waals surface area contributed by atoms with Crippen molar-refractivity contribution in [3.63, 3.8) is 0 Å². The lowest BCUT2D eigenvalue weighted by Crippen LogP contribution is -2.50. The van der Waals surface area contributed by atoms with Gasteiger partial charge in [0.15, 0.2) is 5.82 Å². The molecule has 0 aliphatic carbocycles. The van der Waals surface area contributed by atoms with Crippen LogP contribution < -0.4 is 21.1 Å². The normalized spacial score (nSPS) is 20.0. The number of aromatic nitrogens is 3. The highest BCUT2D eigenvalue weighted by Crippen LogP contribution is 2.38. The molecule has 1 aromatic carbocycles. The summed E-state index contributed by atoms with van der Waals surface area (Å²) in [5.74, 6) is -3.38. The summed E-state index contributed by atoms with van der Waals surface area (Å²) in [6.07, 6.45) is -2.13. The molecule has 15 heteroatoms. The summed E-state index contributed by atoms with van der Waals surface area (Å²) in [6.45, 7) is 6.40. The van der Waals surface area contributed by atoms with E-state index in [0.29, 0.717) is 56.0 Å². The molecule has 2 fully saturated rings. The molecule has 0 bridgehead atoms.